The number of ether oxygens (including phenoxy) is 2. The third kappa shape index (κ3) is 3.31. The number of carbonyl (C=O) groups is 1. The van der Waals surface area contributed by atoms with Crippen LogP contribution in [0.25, 0.3) is 0 Å². The van der Waals surface area contributed by atoms with Gasteiger partial charge in [0.05, 0.1) is 23.1 Å². The van der Waals surface area contributed by atoms with Crippen LogP contribution in [0.1, 0.15) is 58.6 Å². The summed E-state index contributed by atoms with van der Waals surface area (Å²) in [4.78, 5) is 15.3. The summed E-state index contributed by atoms with van der Waals surface area (Å²) in [5, 5.41) is 10.2. The Kier molecular flexibility index (Phi) is 5.22. The number of nitrogens with one attached hydrogen (secondary N) is 3. The van der Waals surface area contributed by atoms with Crippen LogP contribution in [0.5, 0.6) is 0 Å². The molecule has 5 heterocycles. The highest BCUT2D eigenvalue weighted by molar-refractivity contribution is 7.14. The standard InChI is InChI=1S/C21H31N3O3S/c25-19(24-17-2-1-12-26-20(17)4-8-22-9-5-20)16-14-15-3-13-27-21(18(15)28-16)6-10-23-11-7-21/h14,17,22-23H,1-13H2,(H,24,25). The molecule has 4 aliphatic rings. The molecule has 6 nitrogen and oxygen atoms in total. The first-order valence-corrected chi connectivity index (χ1v) is 11.7. The number of hydrogen-bond acceptors (Lipinski definition) is 6. The minimum absolute atomic E-state index is 0.0666. The molecule has 5 rings (SSSR count). The molecule has 1 aromatic rings. The van der Waals surface area contributed by atoms with Crippen LogP contribution in [0.4, 0.5) is 0 Å². The molecule has 0 saturated carbocycles. The van der Waals surface area contributed by atoms with Crippen LogP contribution in [0.15, 0.2) is 6.07 Å². The zero-order chi connectivity index (χ0) is 19.0. The Morgan fingerprint density at radius 1 is 1.07 bits per heavy atom. The molecule has 1 aromatic heterocycles. The van der Waals surface area contributed by atoms with Crippen molar-refractivity contribution in [3.63, 3.8) is 0 Å². The third-order valence-electron chi connectivity index (χ3n) is 7.02. The number of carbonyl (C=O) groups excluding carboxylic acids is 1. The van der Waals surface area contributed by atoms with Crippen molar-refractivity contribution in [3.05, 3.63) is 21.4 Å². The molecule has 0 radical (unpaired) electrons. The monoisotopic (exact) mass is 405 g/mol. The molecule has 154 valence electrons. The summed E-state index contributed by atoms with van der Waals surface area (Å²) in [5.41, 5.74) is 0.960. The Morgan fingerprint density at radius 2 is 1.82 bits per heavy atom. The topological polar surface area (TPSA) is 71.6 Å². The summed E-state index contributed by atoms with van der Waals surface area (Å²) in [6, 6.07) is 2.24. The van der Waals surface area contributed by atoms with Gasteiger partial charge >= 0.3 is 0 Å². The summed E-state index contributed by atoms with van der Waals surface area (Å²) in [6.07, 6.45) is 6.88. The maximum atomic E-state index is 13.2. The van der Waals surface area contributed by atoms with E-state index in [4.69, 9.17) is 9.47 Å². The molecule has 0 bridgehead atoms. The average molecular weight is 406 g/mol. The lowest BCUT2D eigenvalue weighted by Crippen LogP contribution is -2.60. The molecule has 3 N–H and O–H groups in total. The Labute approximate surface area is 170 Å². The van der Waals surface area contributed by atoms with E-state index in [9.17, 15) is 4.79 Å². The fraction of sp³-hybridized carbons (Fsp3) is 0.762. The van der Waals surface area contributed by atoms with Crippen molar-refractivity contribution >= 4 is 17.2 Å². The van der Waals surface area contributed by atoms with Crippen molar-refractivity contribution in [3.8, 4) is 0 Å². The normalized spacial score (nSPS) is 28.8. The second kappa shape index (κ2) is 7.69. The summed E-state index contributed by atoms with van der Waals surface area (Å²) >= 11 is 1.65. The molecular weight excluding hydrogens is 374 g/mol. The average Bonchev–Trinajstić information content (AvgIpc) is 3.18. The van der Waals surface area contributed by atoms with E-state index < -0.39 is 0 Å². The van der Waals surface area contributed by atoms with Gasteiger partial charge in [0.2, 0.25) is 0 Å². The highest BCUT2D eigenvalue weighted by atomic mass is 32.1. The first-order valence-electron chi connectivity index (χ1n) is 10.8. The van der Waals surface area contributed by atoms with Crippen LogP contribution in [0.3, 0.4) is 0 Å². The van der Waals surface area contributed by atoms with Crippen LogP contribution in [-0.2, 0) is 21.5 Å². The van der Waals surface area contributed by atoms with Gasteiger partial charge < -0.3 is 25.4 Å². The summed E-state index contributed by atoms with van der Waals surface area (Å²) < 4.78 is 12.5. The smallest absolute Gasteiger partial charge is 0.261 e. The minimum atomic E-state index is -0.185. The predicted octanol–water partition coefficient (Wildman–Crippen LogP) is 1.93. The van der Waals surface area contributed by atoms with E-state index >= 15 is 0 Å². The SMILES string of the molecule is O=C(NC1CCCOC12CCNCC2)c1cc2c(s1)C1(CCNCC1)OCC2. The van der Waals surface area contributed by atoms with Gasteiger partial charge in [-0.15, -0.1) is 11.3 Å². The van der Waals surface area contributed by atoms with Crippen LogP contribution in [0.2, 0.25) is 0 Å². The second-order valence-corrected chi connectivity index (χ2v) is 9.69. The van der Waals surface area contributed by atoms with Crippen LogP contribution < -0.4 is 16.0 Å². The molecule has 3 saturated heterocycles. The number of rotatable bonds is 2. The Bertz CT molecular complexity index is 714. The fourth-order valence-electron chi connectivity index (χ4n) is 5.44. The lowest BCUT2D eigenvalue weighted by atomic mass is 9.80. The zero-order valence-corrected chi connectivity index (χ0v) is 17.3. The van der Waals surface area contributed by atoms with E-state index in [2.05, 4.69) is 22.0 Å². The van der Waals surface area contributed by atoms with Crippen LogP contribution in [0, 0.1) is 0 Å². The highest BCUT2D eigenvalue weighted by Crippen LogP contribution is 2.44. The number of thiophene rings is 1. The predicted molar refractivity (Wildman–Crippen MR) is 109 cm³/mol. The zero-order valence-electron chi connectivity index (χ0n) is 16.5. The molecule has 7 heteroatoms. The van der Waals surface area contributed by atoms with Gasteiger partial charge in [0.25, 0.3) is 5.91 Å². The molecule has 3 fully saturated rings. The molecule has 0 aromatic carbocycles. The molecule has 2 spiro atoms. The van der Waals surface area contributed by atoms with E-state index in [1.165, 1.54) is 10.4 Å². The summed E-state index contributed by atoms with van der Waals surface area (Å²) in [5.74, 6) is 0.0666. The van der Waals surface area contributed by atoms with Crippen molar-refractivity contribution in [2.24, 2.45) is 0 Å². The molecule has 28 heavy (non-hydrogen) atoms. The van der Waals surface area contributed by atoms with Crippen LogP contribution in [-0.4, -0.2) is 56.9 Å². The van der Waals surface area contributed by atoms with E-state index in [0.717, 1.165) is 89.2 Å². The van der Waals surface area contributed by atoms with E-state index in [0.29, 0.717) is 0 Å². The Balaban J connectivity index is 1.36. The van der Waals surface area contributed by atoms with E-state index in [1.54, 1.807) is 11.3 Å². The maximum Gasteiger partial charge on any atom is 0.261 e. The third-order valence-corrected chi connectivity index (χ3v) is 8.39. The molecular formula is C21H31N3O3S. The van der Waals surface area contributed by atoms with Gasteiger partial charge in [0.1, 0.15) is 5.60 Å². The van der Waals surface area contributed by atoms with E-state index in [-0.39, 0.29) is 23.2 Å². The summed E-state index contributed by atoms with van der Waals surface area (Å²) in [6.45, 7) is 5.47. The first-order chi connectivity index (χ1) is 13.7. The molecule has 1 unspecified atom stereocenters. The highest BCUT2D eigenvalue weighted by Gasteiger charge is 2.45. The lowest BCUT2D eigenvalue weighted by molar-refractivity contribution is -0.114. The van der Waals surface area contributed by atoms with E-state index in [1.807, 2.05) is 0 Å². The lowest BCUT2D eigenvalue weighted by Gasteiger charge is -2.46. The molecule has 4 aliphatic heterocycles. The van der Waals surface area contributed by atoms with Gasteiger partial charge in [-0.1, -0.05) is 0 Å². The number of hydrogen-bond donors (Lipinski definition) is 3. The summed E-state index contributed by atoms with van der Waals surface area (Å²) in [7, 11) is 0. The van der Waals surface area contributed by atoms with Crippen molar-refractivity contribution in [1.29, 1.82) is 0 Å². The minimum Gasteiger partial charge on any atom is -0.373 e. The first kappa shape index (κ1) is 19.0. The number of fused-ring (bicyclic) bond motifs is 2. The van der Waals surface area contributed by atoms with Crippen molar-refractivity contribution in [1.82, 2.24) is 16.0 Å². The van der Waals surface area contributed by atoms with Crippen LogP contribution >= 0.6 is 11.3 Å². The van der Waals surface area contributed by atoms with Gasteiger partial charge in [0.15, 0.2) is 0 Å². The molecule has 0 aliphatic carbocycles. The van der Waals surface area contributed by atoms with Gasteiger partial charge in [-0.3, -0.25) is 4.79 Å². The van der Waals surface area contributed by atoms with Gasteiger partial charge in [-0.25, -0.2) is 0 Å². The van der Waals surface area contributed by atoms with Gasteiger partial charge in [0, 0.05) is 11.5 Å². The Morgan fingerprint density at radius 3 is 2.61 bits per heavy atom. The molecule has 1 amide bonds. The largest absolute Gasteiger partial charge is 0.373 e. The van der Waals surface area contributed by atoms with Crippen molar-refractivity contribution in [2.45, 2.75) is 62.2 Å². The fourth-order valence-corrected chi connectivity index (χ4v) is 6.75. The van der Waals surface area contributed by atoms with Crippen molar-refractivity contribution in [2.75, 3.05) is 39.4 Å². The van der Waals surface area contributed by atoms with Gasteiger partial charge in [-0.2, -0.15) is 0 Å². The number of piperidine rings is 2. The quantitative estimate of drug-likeness (QED) is 0.701. The van der Waals surface area contributed by atoms with Gasteiger partial charge in [-0.05, 0) is 82.8 Å². The number of amides is 1. The molecule has 1 atom stereocenters. The Hall–Kier alpha value is -0.990. The second-order valence-electron chi connectivity index (χ2n) is 8.64. The van der Waals surface area contributed by atoms with Crippen molar-refractivity contribution < 1.29 is 14.3 Å². The maximum absolute atomic E-state index is 13.2.